The molecule has 2 aromatic rings. The lowest BCUT2D eigenvalue weighted by molar-refractivity contribution is -0.137. The number of halogens is 3. The van der Waals surface area contributed by atoms with Gasteiger partial charge in [-0.25, -0.2) is 0 Å². The number of fused-ring (bicyclic) bond motifs is 1. The summed E-state index contributed by atoms with van der Waals surface area (Å²) in [4.78, 5) is 16.3. The minimum atomic E-state index is -4.35. The van der Waals surface area contributed by atoms with Crippen LogP contribution in [0.5, 0.6) is 0 Å². The Labute approximate surface area is 161 Å². The Kier molecular flexibility index (Phi) is 5.03. The molecule has 0 unspecified atom stereocenters. The number of anilines is 1. The van der Waals surface area contributed by atoms with Gasteiger partial charge in [-0.15, -0.1) is 0 Å². The normalized spacial score (nSPS) is 17.5. The lowest BCUT2D eigenvalue weighted by Gasteiger charge is -2.36. The van der Waals surface area contributed by atoms with E-state index in [0.29, 0.717) is 31.9 Å². The van der Waals surface area contributed by atoms with Crippen LogP contribution in [0.15, 0.2) is 30.5 Å². The first-order chi connectivity index (χ1) is 13.4. The monoisotopic (exact) mass is 392 g/mol. The minimum absolute atomic E-state index is 0.00328. The largest absolute Gasteiger partial charge is 0.416 e. The van der Waals surface area contributed by atoms with Crippen LogP contribution < -0.4 is 4.90 Å². The van der Waals surface area contributed by atoms with E-state index < -0.39 is 11.7 Å². The van der Waals surface area contributed by atoms with Crippen LogP contribution in [0.25, 0.3) is 0 Å². The molecule has 0 bridgehead atoms. The summed E-state index contributed by atoms with van der Waals surface area (Å²) in [5.41, 5.74) is 2.25. The number of aromatic nitrogens is 2. The molecular formula is C20H23F3N4O. The summed E-state index contributed by atoms with van der Waals surface area (Å²) in [5.74, 6) is 0.00328. The van der Waals surface area contributed by atoms with Gasteiger partial charge in [0, 0.05) is 38.1 Å². The van der Waals surface area contributed by atoms with Crippen molar-refractivity contribution >= 4 is 11.6 Å². The summed E-state index contributed by atoms with van der Waals surface area (Å²) in [7, 11) is 0. The molecule has 0 spiro atoms. The Hall–Kier alpha value is -2.51. The lowest BCUT2D eigenvalue weighted by atomic mass is 9.99. The van der Waals surface area contributed by atoms with Crippen molar-refractivity contribution in [1.82, 2.24) is 14.7 Å². The van der Waals surface area contributed by atoms with E-state index in [4.69, 9.17) is 0 Å². The molecule has 1 aromatic carbocycles. The highest BCUT2D eigenvalue weighted by atomic mass is 19.4. The fourth-order valence-corrected chi connectivity index (χ4v) is 3.94. The first kappa shape index (κ1) is 18.8. The molecule has 1 aromatic heterocycles. The summed E-state index contributed by atoms with van der Waals surface area (Å²) in [6, 6.07) is 5.36. The quantitative estimate of drug-likeness (QED) is 0.806. The van der Waals surface area contributed by atoms with E-state index in [1.807, 2.05) is 11.1 Å². The van der Waals surface area contributed by atoms with Gasteiger partial charge in [0.25, 0.3) is 0 Å². The number of aryl methyl sites for hydroxylation is 2. The van der Waals surface area contributed by atoms with Crippen molar-refractivity contribution in [2.45, 2.75) is 38.4 Å². The van der Waals surface area contributed by atoms with E-state index in [-0.39, 0.29) is 12.5 Å². The molecule has 0 N–H and O–H groups in total. The minimum Gasteiger partial charge on any atom is -0.368 e. The van der Waals surface area contributed by atoms with Crippen LogP contribution >= 0.6 is 0 Å². The van der Waals surface area contributed by atoms with E-state index in [1.54, 1.807) is 15.6 Å². The van der Waals surface area contributed by atoms with Crippen LogP contribution in [0.4, 0.5) is 18.9 Å². The predicted molar refractivity (Wildman–Crippen MR) is 99.1 cm³/mol. The van der Waals surface area contributed by atoms with Crippen LogP contribution in [0.1, 0.15) is 29.7 Å². The molecule has 5 nitrogen and oxygen atoms in total. The maximum Gasteiger partial charge on any atom is 0.416 e. The first-order valence-electron chi connectivity index (χ1n) is 9.65. The van der Waals surface area contributed by atoms with Crippen LogP contribution in [0.2, 0.25) is 0 Å². The summed E-state index contributed by atoms with van der Waals surface area (Å²) in [5, 5.41) is 4.53. The van der Waals surface area contributed by atoms with E-state index >= 15 is 0 Å². The SMILES string of the molecule is O=C(Cn1cc2c(n1)CCCC2)N1CCN(c2cccc(C(F)(F)F)c2)CC1. The predicted octanol–water partition coefficient (Wildman–Crippen LogP) is 3.13. The Morgan fingerprint density at radius 3 is 2.54 bits per heavy atom. The number of benzene rings is 1. The fraction of sp³-hybridized carbons (Fsp3) is 0.500. The van der Waals surface area contributed by atoms with Gasteiger partial charge in [0.1, 0.15) is 6.54 Å². The van der Waals surface area contributed by atoms with Gasteiger partial charge in [0.2, 0.25) is 5.91 Å². The highest BCUT2D eigenvalue weighted by molar-refractivity contribution is 5.76. The van der Waals surface area contributed by atoms with Gasteiger partial charge in [0.05, 0.1) is 11.3 Å². The highest BCUT2D eigenvalue weighted by Gasteiger charge is 2.31. The summed E-state index contributed by atoms with van der Waals surface area (Å²) >= 11 is 0. The van der Waals surface area contributed by atoms with Crippen molar-refractivity contribution in [3.8, 4) is 0 Å². The van der Waals surface area contributed by atoms with Gasteiger partial charge in [0.15, 0.2) is 0 Å². The summed E-state index contributed by atoms with van der Waals surface area (Å²) < 4.78 is 40.5. The summed E-state index contributed by atoms with van der Waals surface area (Å²) in [6.45, 7) is 2.24. The smallest absolute Gasteiger partial charge is 0.368 e. The molecule has 4 rings (SSSR count). The third-order valence-electron chi connectivity index (χ3n) is 5.50. The zero-order valence-corrected chi connectivity index (χ0v) is 15.6. The molecule has 1 fully saturated rings. The van der Waals surface area contributed by atoms with Gasteiger partial charge in [-0.3, -0.25) is 9.48 Å². The lowest BCUT2D eigenvalue weighted by Crippen LogP contribution is -2.49. The second-order valence-corrected chi connectivity index (χ2v) is 7.42. The number of carbonyl (C=O) groups is 1. The van der Waals surface area contributed by atoms with Crippen molar-refractivity contribution < 1.29 is 18.0 Å². The second kappa shape index (κ2) is 7.48. The molecule has 28 heavy (non-hydrogen) atoms. The Balaban J connectivity index is 1.35. The van der Waals surface area contributed by atoms with Crippen molar-refractivity contribution in [1.29, 1.82) is 0 Å². The third kappa shape index (κ3) is 4.00. The molecule has 0 radical (unpaired) electrons. The molecule has 0 atom stereocenters. The zero-order chi connectivity index (χ0) is 19.7. The molecule has 150 valence electrons. The maximum atomic E-state index is 12.9. The van der Waals surface area contributed by atoms with E-state index in [2.05, 4.69) is 5.10 Å². The fourth-order valence-electron chi connectivity index (χ4n) is 3.94. The molecular weight excluding hydrogens is 369 g/mol. The second-order valence-electron chi connectivity index (χ2n) is 7.42. The molecule has 2 heterocycles. The van der Waals surface area contributed by atoms with Crippen molar-refractivity contribution in [2.75, 3.05) is 31.1 Å². The number of alkyl halides is 3. The highest BCUT2D eigenvalue weighted by Crippen LogP contribution is 2.31. The number of amides is 1. The van der Waals surface area contributed by atoms with E-state index in [0.717, 1.165) is 31.0 Å². The number of piperazine rings is 1. The number of hydrogen-bond acceptors (Lipinski definition) is 3. The first-order valence-corrected chi connectivity index (χ1v) is 9.65. The van der Waals surface area contributed by atoms with Gasteiger partial charge in [-0.05, 0) is 49.4 Å². The van der Waals surface area contributed by atoms with Crippen molar-refractivity contribution in [3.05, 3.63) is 47.3 Å². The van der Waals surface area contributed by atoms with Gasteiger partial charge in [-0.1, -0.05) is 6.07 Å². The molecule has 0 saturated carbocycles. The number of nitrogens with zero attached hydrogens (tertiary/aromatic N) is 4. The molecule has 1 aliphatic heterocycles. The third-order valence-corrected chi connectivity index (χ3v) is 5.50. The maximum absolute atomic E-state index is 12.9. The average molecular weight is 392 g/mol. The molecule has 1 amide bonds. The Morgan fingerprint density at radius 1 is 1.07 bits per heavy atom. The summed E-state index contributed by atoms with van der Waals surface area (Å²) in [6.07, 6.45) is 1.95. The Morgan fingerprint density at radius 2 is 1.82 bits per heavy atom. The Bertz CT molecular complexity index is 830. The number of rotatable bonds is 3. The van der Waals surface area contributed by atoms with Crippen LogP contribution in [0, 0.1) is 0 Å². The topological polar surface area (TPSA) is 41.4 Å². The van der Waals surface area contributed by atoms with Gasteiger partial charge < -0.3 is 9.80 Å². The molecule has 8 heteroatoms. The van der Waals surface area contributed by atoms with Crippen molar-refractivity contribution in [2.24, 2.45) is 0 Å². The van der Waals surface area contributed by atoms with Gasteiger partial charge >= 0.3 is 6.18 Å². The van der Waals surface area contributed by atoms with Gasteiger partial charge in [-0.2, -0.15) is 18.3 Å². The zero-order valence-electron chi connectivity index (χ0n) is 15.6. The van der Waals surface area contributed by atoms with Crippen LogP contribution in [-0.2, 0) is 30.4 Å². The van der Waals surface area contributed by atoms with E-state index in [9.17, 15) is 18.0 Å². The molecule has 1 saturated heterocycles. The van der Waals surface area contributed by atoms with E-state index in [1.165, 1.54) is 24.1 Å². The van der Waals surface area contributed by atoms with Crippen LogP contribution in [-0.4, -0.2) is 46.8 Å². The van der Waals surface area contributed by atoms with Crippen molar-refractivity contribution in [3.63, 3.8) is 0 Å². The standard InChI is InChI=1S/C20H23F3N4O/c21-20(22,23)16-5-3-6-17(12-16)25-8-10-26(11-9-25)19(28)14-27-13-15-4-1-2-7-18(15)24-27/h3,5-6,12-13H,1-2,4,7-11,14H2. The molecule has 2 aliphatic rings. The number of hydrogen-bond donors (Lipinski definition) is 0. The van der Waals surface area contributed by atoms with Crippen LogP contribution in [0.3, 0.4) is 0 Å². The number of carbonyl (C=O) groups excluding carboxylic acids is 1. The average Bonchev–Trinajstić information content (AvgIpc) is 3.10. The molecule has 1 aliphatic carbocycles.